The van der Waals surface area contributed by atoms with E-state index in [1.54, 1.807) is 0 Å². The van der Waals surface area contributed by atoms with Gasteiger partial charge in [-0.15, -0.1) is 0 Å². The number of benzene rings is 4. The van der Waals surface area contributed by atoms with E-state index in [0.717, 1.165) is 121 Å². The molecule has 0 aromatic heterocycles. The van der Waals surface area contributed by atoms with Gasteiger partial charge < -0.3 is 18.8 Å². The maximum absolute atomic E-state index is 15.3. The van der Waals surface area contributed by atoms with E-state index in [2.05, 4.69) is 134 Å². The molecule has 0 bridgehead atoms. The third-order valence-electron chi connectivity index (χ3n) is 20.8. The first-order valence-corrected chi connectivity index (χ1v) is 27.9. The Hall–Kier alpha value is -5.50. The van der Waals surface area contributed by atoms with Crippen molar-refractivity contribution in [3.8, 4) is 22.5 Å². The first kappa shape index (κ1) is 51.0. The predicted octanol–water partition coefficient (Wildman–Crippen LogP) is 14.1. The molecule has 0 radical (unpaired) electrons. The fourth-order valence-corrected chi connectivity index (χ4v) is 16.2. The van der Waals surface area contributed by atoms with Crippen LogP contribution in [0.15, 0.2) is 107 Å². The summed E-state index contributed by atoms with van der Waals surface area (Å²) in [6.07, 6.45) is 9.70. The van der Waals surface area contributed by atoms with Crippen LogP contribution >= 0.6 is 0 Å². The van der Waals surface area contributed by atoms with E-state index in [9.17, 15) is 4.79 Å². The number of carbonyl (C=O) groups excluding carboxylic acids is 3. The minimum absolute atomic E-state index is 0.0251. The number of fused-ring (bicyclic) bond motifs is 9. The zero-order valence-corrected chi connectivity index (χ0v) is 45.8. The molecule has 10 rings (SSSR count). The number of anilines is 1. The lowest BCUT2D eigenvalue weighted by Crippen LogP contribution is -2.66. The van der Waals surface area contributed by atoms with Crippen molar-refractivity contribution in [2.45, 2.75) is 147 Å². The molecule has 386 valence electrons. The number of hydrogen-bond donors (Lipinski definition) is 0. The molecule has 0 saturated heterocycles. The molecule has 3 aromatic carbocycles. The molecule has 0 spiro atoms. The van der Waals surface area contributed by atoms with Gasteiger partial charge in [-0.25, -0.2) is 9.37 Å². The van der Waals surface area contributed by atoms with Gasteiger partial charge in [-0.3, -0.25) is 9.59 Å². The second-order valence-corrected chi connectivity index (χ2v) is 24.8. The highest BCUT2D eigenvalue weighted by molar-refractivity contribution is 6.08. The number of ether oxygens (including phenoxy) is 2. The lowest BCUT2D eigenvalue weighted by Gasteiger charge is -2.70. The first-order chi connectivity index (χ1) is 34.8. The van der Waals surface area contributed by atoms with Crippen molar-refractivity contribution in [1.29, 1.82) is 0 Å². The van der Waals surface area contributed by atoms with Crippen LogP contribution in [0, 0.1) is 50.2 Å². The van der Waals surface area contributed by atoms with Gasteiger partial charge in [0.15, 0.2) is 5.78 Å². The van der Waals surface area contributed by atoms with Crippen LogP contribution in [0.5, 0.6) is 0 Å². The van der Waals surface area contributed by atoms with E-state index < -0.39 is 10.8 Å². The average molecular weight is 986 g/mol. The monoisotopic (exact) mass is 986 g/mol. The highest BCUT2D eigenvalue weighted by Gasteiger charge is 2.70. The maximum atomic E-state index is 15.3. The number of allylic oxidation sites excluding steroid dienone is 2. The molecule has 6 aliphatic carbocycles. The highest BCUT2D eigenvalue weighted by Crippen LogP contribution is 2.75. The Morgan fingerprint density at radius 1 is 0.753 bits per heavy atom. The van der Waals surface area contributed by atoms with Crippen molar-refractivity contribution in [2.75, 3.05) is 31.1 Å². The number of ketones is 1. The van der Waals surface area contributed by atoms with E-state index in [0.29, 0.717) is 18.4 Å². The molecule has 9 atom stereocenters. The number of carbonyl (C=O) groups is 3. The Bertz CT molecular complexity index is 3030. The third kappa shape index (κ3) is 8.13. The highest BCUT2D eigenvalue weighted by atomic mass is 16.5. The van der Waals surface area contributed by atoms with Crippen molar-refractivity contribution in [3.63, 3.8) is 0 Å². The van der Waals surface area contributed by atoms with Gasteiger partial charge in [0.05, 0.1) is 17.0 Å². The van der Waals surface area contributed by atoms with Crippen LogP contribution < -0.4 is 14.8 Å². The second kappa shape index (κ2) is 18.7. The first-order valence-electron chi connectivity index (χ1n) is 27.9. The van der Waals surface area contributed by atoms with Crippen LogP contribution in [0.3, 0.4) is 0 Å². The van der Waals surface area contributed by atoms with Crippen molar-refractivity contribution >= 4 is 34.4 Å². The fourth-order valence-electron chi connectivity index (χ4n) is 16.2. The van der Waals surface area contributed by atoms with Gasteiger partial charge in [-0.2, -0.15) is 0 Å². The molecule has 1 aliphatic heterocycles. The lowest BCUT2D eigenvalue weighted by molar-refractivity contribution is -0.203. The van der Waals surface area contributed by atoms with Crippen LogP contribution in [-0.2, 0) is 25.7 Å². The molecule has 4 fully saturated rings. The Kier molecular flexibility index (Phi) is 13.1. The lowest BCUT2D eigenvalue weighted by atomic mass is 9.33. The van der Waals surface area contributed by atoms with E-state index in [1.165, 1.54) is 5.57 Å². The Balaban J connectivity index is 0.947. The zero-order chi connectivity index (χ0) is 51.9. The third-order valence-corrected chi connectivity index (χ3v) is 20.8. The normalized spacial score (nSPS) is 31.3. The van der Waals surface area contributed by atoms with Crippen LogP contribution in [0.4, 0.5) is 5.69 Å². The molecule has 1 heterocycles. The molecular weight excluding hydrogens is 905 g/mol. The summed E-state index contributed by atoms with van der Waals surface area (Å²) in [4.78, 5) is 46.7. The largest absolute Gasteiger partial charge is 0.460 e. The summed E-state index contributed by atoms with van der Waals surface area (Å²) >= 11 is 0. The molecule has 7 aliphatic rings. The van der Waals surface area contributed by atoms with Gasteiger partial charge in [0.25, 0.3) is 0 Å². The number of rotatable bonds is 11. The topological polar surface area (TPSA) is 89.1 Å². The number of nitrogens with zero attached hydrogens (tertiary/aromatic N) is 2. The summed E-state index contributed by atoms with van der Waals surface area (Å²) in [5.74, 6) is 0.726. The van der Waals surface area contributed by atoms with E-state index in [4.69, 9.17) is 13.9 Å². The zero-order valence-electron chi connectivity index (χ0n) is 45.8. The smallest absolute Gasteiger partial charge is 0.339 e. The van der Waals surface area contributed by atoms with Gasteiger partial charge in [-0.05, 0) is 167 Å². The molecule has 8 nitrogen and oxygen atoms in total. The van der Waals surface area contributed by atoms with Crippen molar-refractivity contribution < 1.29 is 28.3 Å². The Labute approximate surface area is 435 Å². The molecule has 0 N–H and O–H groups in total. The van der Waals surface area contributed by atoms with Gasteiger partial charge in [0.2, 0.25) is 5.36 Å². The van der Waals surface area contributed by atoms with Gasteiger partial charge in [0.1, 0.15) is 37.1 Å². The summed E-state index contributed by atoms with van der Waals surface area (Å²) in [6, 6.07) is 30.8. The molecule has 4 saturated carbocycles. The molecular formula is C65H81N2O6+. The standard InChI is InChI=1S/C65H81N2O6/c1-12-66(13-2)43-25-27-47-52(37-43)72-53-38-44(67(14-3)15-4)26-28-48(53)56(47)45-23-19-20-24-46(45)58(69)73-55-30-31-63(9)54(60(55,5)6)29-32-65(11)57(63)51(68)39-49-50-40-62(8,34-33-61(50,7)35-36-64(49,65)10)59(70)71-41-42-21-17-16-18-22-42/h16-28,37-39,50,54-55,57H,12-15,29-36,40-41H2,1-11H3/q+1/t50-,54-,55-,57+,61+,62-,63-,64+,65+/m0/s1. The summed E-state index contributed by atoms with van der Waals surface area (Å²) in [7, 11) is 0. The van der Waals surface area contributed by atoms with Crippen molar-refractivity contribution in [2.24, 2.45) is 50.2 Å². The van der Waals surface area contributed by atoms with E-state index in [-0.39, 0.29) is 69.8 Å². The number of hydrogen-bond acceptors (Lipinski definition) is 7. The molecule has 3 aromatic rings. The Morgan fingerprint density at radius 2 is 1.47 bits per heavy atom. The molecule has 73 heavy (non-hydrogen) atoms. The SMILES string of the molecule is CCN(CC)c1ccc2c(-c3ccccc3C(=O)O[C@H]3CC[C@]4(C)[C@H]5C(=O)C=C6[C@@H]7C[C@@](C)(C(=O)OCc8ccccc8)CC[C@]7(C)CC[C@@]6(C)[C@]5(C)CC[C@H]4C3(C)C)c3ccc(=[N+](CC)CC)cc-3oc2c1. The van der Waals surface area contributed by atoms with Crippen molar-refractivity contribution in [3.05, 3.63) is 119 Å². The van der Waals surface area contributed by atoms with Crippen LogP contribution in [-0.4, -0.2) is 50.0 Å². The quantitative estimate of drug-likeness (QED) is 0.0740. The van der Waals surface area contributed by atoms with Gasteiger partial charge in [-0.1, -0.05) is 95.6 Å². The molecule has 0 amide bonds. The van der Waals surface area contributed by atoms with Crippen LogP contribution in [0.25, 0.3) is 33.4 Å². The van der Waals surface area contributed by atoms with Gasteiger partial charge >= 0.3 is 11.9 Å². The predicted molar refractivity (Wildman–Crippen MR) is 293 cm³/mol. The molecule has 0 unspecified atom stereocenters. The fraction of sp³-hybridized carbons (Fsp3) is 0.538. The van der Waals surface area contributed by atoms with E-state index >= 15 is 9.59 Å². The average Bonchev–Trinajstić information content (AvgIpc) is 3.37. The minimum Gasteiger partial charge on any atom is -0.460 e. The second-order valence-electron chi connectivity index (χ2n) is 24.8. The summed E-state index contributed by atoms with van der Waals surface area (Å²) in [5.41, 5.74) is 5.70. The molecule has 8 heteroatoms. The van der Waals surface area contributed by atoms with Crippen molar-refractivity contribution in [1.82, 2.24) is 4.58 Å². The minimum atomic E-state index is -0.619. The van der Waals surface area contributed by atoms with Crippen LogP contribution in [0.1, 0.15) is 150 Å². The Morgan fingerprint density at radius 3 is 2.19 bits per heavy atom. The number of esters is 2. The van der Waals surface area contributed by atoms with Crippen LogP contribution in [0.2, 0.25) is 0 Å². The van der Waals surface area contributed by atoms with Gasteiger partial charge in [0, 0.05) is 58.8 Å². The summed E-state index contributed by atoms with van der Waals surface area (Å²) < 4.78 is 22.1. The van der Waals surface area contributed by atoms with E-state index in [1.807, 2.05) is 48.5 Å². The maximum Gasteiger partial charge on any atom is 0.339 e. The summed E-state index contributed by atoms with van der Waals surface area (Å²) in [6.45, 7) is 28.9. The summed E-state index contributed by atoms with van der Waals surface area (Å²) in [5, 5.41) is 2.05.